The number of nitriles is 1. The predicted molar refractivity (Wildman–Crippen MR) is 118 cm³/mol. The summed E-state index contributed by atoms with van der Waals surface area (Å²) in [6, 6.07) is 12.4. The maximum Gasteiger partial charge on any atom is 0.240 e. The Bertz CT molecular complexity index is 1210. The number of piperidine rings is 1. The zero-order chi connectivity index (χ0) is 22.6. The van der Waals surface area contributed by atoms with Gasteiger partial charge in [-0.25, -0.2) is 17.5 Å². The summed E-state index contributed by atoms with van der Waals surface area (Å²) in [5, 5.41) is 13.9. The Labute approximate surface area is 186 Å². The standard InChI is InChI=1S/C23H25FN4O3S/c24-19-5-8-21-22(15-19)31-27-23(21)18-9-13-28(14-10-18)12-2-1-11-26-32(29,30)20-6-3-17(16-25)4-7-20/h3-8,15,18,26H,1-2,9-14H2. The molecule has 168 valence electrons. The van der Waals surface area contributed by atoms with Gasteiger partial charge >= 0.3 is 0 Å². The van der Waals surface area contributed by atoms with Crippen LogP contribution < -0.4 is 4.72 Å². The minimum absolute atomic E-state index is 0.168. The van der Waals surface area contributed by atoms with Crippen LogP contribution in [0.1, 0.15) is 42.9 Å². The van der Waals surface area contributed by atoms with E-state index in [1.807, 2.05) is 6.07 Å². The van der Waals surface area contributed by atoms with Crippen molar-refractivity contribution >= 4 is 21.0 Å². The second kappa shape index (κ2) is 9.77. The molecule has 2 aromatic carbocycles. The van der Waals surface area contributed by atoms with E-state index in [-0.39, 0.29) is 10.7 Å². The third-order valence-electron chi connectivity index (χ3n) is 5.92. The molecule has 0 unspecified atom stereocenters. The fraction of sp³-hybridized carbons (Fsp3) is 0.391. The Kier molecular flexibility index (Phi) is 6.84. The largest absolute Gasteiger partial charge is 0.356 e. The van der Waals surface area contributed by atoms with Gasteiger partial charge in [-0.3, -0.25) is 0 Å². The third kappa shape index (κ3) is 5.15. The molecular formula is C23H25FN4O3S. The first-order valence-electron chi connectivity index (χ1n) is 10.7. The summed E-state index contributed by atoms with van der Waals surface area (Å²) in [6.07, 6.45) is 3.57. The van der Waals surface area contributed by atoms with Crippen molar-refractivity contribution in [3.63, 3.8) is 0 Å². The first kappa shape index (κ1) is 22.4. The lowest BCUT2D eigenvalue weighted by Crippen LogP contribution is -2.34. The van der Waals surface area contributed by atoms with Crippen LogP contribution in [-0.2, 0) is 10.0 Å². The summed E-state index contributed by atoms with van der Waals surface area (Å²) in [5.41, 5.74) is 1.83. The van der Waals surface area contributed by atoms with Crippen LogP contribution in [0.4, 0.5) is 4.39 Å². The van der Waals surface area contributed by atoms with Gasteiger partial charge < -0.3 is 9.42 Å². The second-order valence-electron chi connectivity index (χ2n) is 8.07. The predicted octanol–water partition coefficient (Wildman–Crippen LogP) is 3.78. The summed E-state index contributed by atoms with van der Waals surface area (Å²) >= 11 is 0. The lowest BCUT2D eigenvalue weighted by molar-refractivity contribution is 0.206. The lowest BCUT2D eigenvalue weighted by Gasteiger charge is -2.31. The van der Waals surface area contributed by atoms with Crippen LogP contribution in [0, 0.1) is 17.1 Å². The molecule has 1 aromatic heterocycles. The third-order valence-corrected chi connectivity index (χ3v) is 7.40. The van der Waals surface area contributed by atoms with E-state index in [0.29, 0.717) is 23.6 Å². The number of nitrogens with one attached hydrogen (secondary N) is 1. The Morgan fingerprint density at radius 1 is 1.16 bits per heavy atom. The average molecular weight is 457 g/mol. The number of benzene rings is 2. The summed E-state index contributed by atoms with van der Waals surface area (Å²) in [5.74, 6) is -0.0218. The van der Waals surface area contributed by atoms with E-state index in [2.05, 4.69) is 14.8 Å². The van der Waals surface area contributed by atoms with E-state index in [9.17, 15) is 12.8 Å². The van der Waals surface area contributed by atoms with E-state index < -0.39 is 10.0 Å². The molecule has 1 fully saturated rings. The van der Waals surface area contributed by atoms with Gasteiger partial charge in [0.1, 0.15) is 5.82 Å². The van der Waals surface area contributed by atoms with Gasteiger partial charge in [0.25, 0.3) is 0 Å². The highest BCUT2D eigenvalue weighted by atomic mass is 32.2. The van der Waals surface area contributed by atoms with Crippen molar-refractivity contribution in [1.82, 2.24) is 14.8 Å². The van der Waals surface area contributed by atoms with Gasteiger partial charge in [0.15, 0.2) is 5.58 Å². The number of unbranched alkanes of at least 4 members (excludes halogenated alkanes) is 1. The molecule has 32 heavy (non-hydrogen) atoms. The SMILES string of the molecule is N#Cc1ccc(S(=O)(=O)NCCCCN2CCC(c3noc4cc(F)ccc34)CC2)cc1. The Morgan fingerprint density at radius 3 is 2.62 bits per heavy atom. The molecule has 0 amide bonds. The number of aromatic nitrogens is 1. The molecule has 7 nitrogen and oxygen atoms in total. The zero-order valence-corrected chi connectivity index (χ0v) is 18.4. The Hall–Kier alpha value is -2.80. The maximum absolute atomic E-state index is 13.3. The zero-order valence-electron chi connectivity index (χ0n) is 17.6. The van der Waals surface area contributed by atoms with Crippen molar-refractivity contribution in [2.24, 2.45) is 0 Å². The number of hydrogen-bond donors (Lipinski definition) is 1. The molecule has 1 aliphatic rings. The highest BCUT2D eigenvalue weighted by Gasteiger charge is 2.25. The van der Waals surface area contributed by atoms with Crippen molar-refractivity contribution in [2.75, 3.05) is 26.2 Å². The summed E-state index contributed by atoms with van der Waals surface area (Å²) in [6.45, 7) is 3.17. The molecule has 1 N–H and O–H groups in total. The van der Waals surface area contributed by atoms with Gasteiger partial charge in [-0.05, 0) is 81.7 Å². The van der Waals surface area contributed by atoms with Gasteiger partial charge in [-0.1, -0.05) is 5.16 Å². The fourth-order valence-electron chi connectivity index (χ4n) is 4.11. The average Bonchev–Trinajstić information content (AvgIpc) is 3.22. The molecule has 9 heteroatoms. The minimum Gasteiger partial charge on any atom is -0.356 e. The number of likely N-dealkylation sites (tertiary alicyclic amines) is 1. The molecule has 3 aromatic rings. The van der Waals surface area contributed by atoms with Crippen molar-refractivity contribution in [3.8, 4) is 6.07 Å². The maximum atomic E-state index is 13.3. The van der Waals surface area contributed by atoms with E-state index in [0.717, 1.165) is 56.4 Å². The summed E-state index contributed by atoms with van der Waals surface area (Å²) < 4.78 is 45.9. The highest BCUT2D eigenvalue weighted by molar-refractivity contribution is 7.89. The van der Waals surface area contributed by atoms with Crippen LogP contribution >= 0.6 is 0 Å². The van der Waals surface area contributed by atoms with Gasteiger partial charge in [-0.2, -0.15) is 5.26 Å². The monoisotopic (exact) mass is 456 g/mol. The molecule has 0 spiro atoms. The molecule has 0 bridgehead atoms. The fourth-order valence-corrected chi connectivity index (χ4v) is 5.19. The lowest BCUT2D eigenvalue weighted by atomic mass is 9.91. The number of hydrogen-bond acceptors (Lipinski definition) is 6. The van der Waals surface area contributed by atoms with Crippen molar-refractivity contribution in [3.05, 3.63) is 59.5 Å². The summed E-state index contributed by atoms with van der Waals surface area (Å²) in [4.78, 5) is 2.55. The summed E-state index contributed by atoms with van der Waals surface area (Å²) in [7, 11) is -3.56. The number of rotatable bonds is 8. The first-order chi connectivity index (χ1) is 15.5. The van der Waals surface area contributed by atoms with Crippen molar-refractivity contribution in [1.29, 1.82) is 5.26 Å². The molecule has 4 rings (SSSR count). The second-order valence-corrected chi connectivity index (χ2v) is 9.83. The van der Waals surface area contributed by atoms with Crippen LogP contribution in [0.2, 0.25) is 0 Å². The highest BCUT2D eigenvalue weighted by Crippen LogP contribution is 2.32. The molecule has 1 saturated heterocycles. The normalized spacial score (nSPS) is 15.8. The molecule has 1 aliphatic heterocycles. The Morgan fingerprint density at radius 2 is 1.91 bits per heavy atom. The van der Waals surface area contributed by atoms with Crippen LogP contribution in [0.15, 0.2) is 51.9 Å². The number of fused-ring (bicyclic) bond motifs is 1. The van der Waals surface area contributed by atoms with Crippen molar-refractivity contribution < 1.29 is 17.3 Å². The van der Waals surface area contributed by atoms with Crippen LogP contribution in [0.25, 0.3) is 11.0 Å². The van der Waals surface area contributed by atoms with E-state index in [1.165, 1.54) is 36.4 Å². The quantitative estimate of drug-likeness (QED) is 0.518. The minimum atomic E-state index is -3.56. The Balaban J connectivity index is 1.19. The number of sulfonamides is 1. The van der Waals surface area contributed by atoms with Crippen LogP contribution in [0.5, 0.6) is 0 Å². The van der Waals surface area contributed by atoms with Crippen molar-refractivity contribution in [2.45, 2.75) is 36.5 Å². The van der Waals surface area contributed by atoms with Crippen LogP contribution in [0.3, 0.4) is 0 Å². The molecule has 0 aliphatic carbocycles. The number of nitrogens with zero attached hydrogens (tertiary/aromatic N) is 3. The van der Waals surface area contributed by atoms with Gasteiger partial charge in [0.05, 0.1) is 22.2 Å². The van der Waals surface area contributed by atoms with Gasteiger partial charge in [0.2, 0.25) is 10.0 Å². The van der Waals surface area contributed by atoms with E-state index in [1.54, 1.807) is 6.07 Å². The van der Waals surface area contributed by atoms with E-state index >= 15 is 0 Å². The van der Waals surface area contributed by atoms with Gasteiger partial charge in [-0.15, -0.1) is 0 Å². The molecule has 0 atom stereocenters. The smallest absolute Gasteiger partial charge is 0.240 e. The molecule has 0 saturated carbocycles. The first-order valence-corrected chi connectivity index (χ1v) is 12.2. The topological polar surface area (TPSA) is 99.2 Å². The van der Waals surface area contributed by atoms with E-state index in [4.69, 9.17) is 9.78 Å². The van der Waals surface area contributed by atoms with Gasteiger partial charge in [0, 0.05) is 23.9 Å². The number of halogens is 1. The molecular weight excluding hydrogens is 431 g/mol. The molecule has 0 radical (unpaired) electrons. The van der Waals surface area contributed by atoms with Crippen LogP contribution in [-0.4, -0.2) is 44.7 Å². The molecule has 2 heterocycles.